The lowest BCUT2D eigenvalue weighted by atomic mass is 10.1. The number of fused-ring (bicyclic) bond motifs is 1. The zero-order valence-electron chi connectivity index (χ0n) is 12.3. The van der Waals surface area contributed by atoms with Crippen LogP contribution in [-0.4, -0.2) is 27.8 Å². The number of carbonyl (C=O) groups is 3. The number of benzene rings is 1. The van der Waals surface area contributed by atoms with Crippen molar-refractivity contribution in [3.8, 4) is 0 Å². The summed E-state index contributed by atoms with van der Waals surface area (Å²) < 4.78 is 0. The molecule has 0 saturated heterocycles. The highest BCUT2D eigenvalue weighted by Crippen LogP contribution is 2.48. The molecule has 4 rings (SSSR count). The fourth-order valence-corrected chi connectivity index (χ4v) is 2.95. The van der Waals surface area contributed by atoms with Crippen LogP contribution in [0.25, 0.3) is 0 Å². The summed E-state index contributed by atoms with van der Waals surface area (Å²) in [5.74, 6) is -2.25. The number of halogens is 1. The predicted molar refractivity (Wildman–Crippen MR) is 83.1 cm³/mol. The highest BCUT2D eigenvalue weighted by molar-refractivity contribution is 6.29. The Hall–Kier alpha value is -2.73. The minimum absolute atomic E-state index is 0.0301. The molecule has 1 aromatic heterocycles. The van der Waals surface area contributed by atoms with Gasteiger partial charge in [0.2, 0.25) is 0 Å². The highest BCUT2D eigenvalue weighted by atomic mass is 35.5. The van der Waals surface area contributed by atoms with Crippen molar-refractivity contribution in [2.45, 2.75) is 12.3 Å². The Labute approximate surface area is 142 Å². The van der Waals surface area contributed by atoms with Gasteiger partial charge in [0.15, 0.2) is 0 Å². The lowest BCUT2D eigenvalue weighted by molar-refractivity contribution is -0.170. The smallest absolute Gasteiger partial charge is 0.329 e. The molecule has 2 aromatic rings. The first-order valence-electron chi connectivity index (χ1n) is 7.37. The van der Waals surface area contributed by atoms with E-state index in [1.165, 1.54) is 12.1 Å². The van der Waals surface area contributed by atoms with Gasteiger partial charge in [0.1, 0.15) is 5.15 Å². The van der Waals surface area contributed by atoms with E-state index < -0.39 is 23.7 Å². The third-order valence-electron chi connectivity index (χ3n) is 4.21. The number of hydrogen-bond acceptors (Lipinski definition) is 5. The van der Waals surface area contributed by atoms with Gasteiger partial charge < -0.3 is 4.84 Å². The van der Waals surface area contributed by atoms with Crippen LogP contribution in [0.3, 0.4) is 0 Å². The number of amides is 2. The van der Waals surface area contributed by atoms with Gasteiger partial charge in [0, 0.05) is 6.20 Å². The summed E-state index contributed by atoms with van der Waals surface area (Å²) in [6.07, 6.45) is 2.20. The van der Waals surface area contributed by atoms with Gasteiger partial charge >= 0.3 is 5.97 Å². The van der Waals surface area contributed by atoms with Gasteiger partial charge in [-0.3, -0.25) is 9.59 Å². The molecule has 0 unspecified atom stereocenters. The Morgan fingerprint density at radius 3 is 2.38 bits per heavy atom. The van der Waals surface area contributed by atoms with Gasteiger partial charge in [-0.05, 0) is 36.1 Å². The maximum Gasteiger partial charge on any atom is 0.336 e. The molecule has 0 bridgehead atoms. The van der Waals surface area contributed by atoms with Crippen molar-refractivity contribution in [2.75, 3.05) is 0 Å². The largest absolute Gasteiger partial charge is 0.336 e. The Morgan fingerprint density at radius 2 is 1.79 bits per heavy atom. The van der Waals surface area contributed by atoms with E-state index in [0.29, 0.717) is 16.6 Å². The highest BCUT2D eigenvalue weighted by Gasteiger charge is 2.48. The first-order chi connectivity index (χ1) is 11.6. The van der Waals surface area contributed by atoms with E-state index in [0.717, 1.165) is 5.56 Å². The molecule has 1 aliphatic carbocycles. The number of carbonyl (C=O) groups excluding carboxylic acids is 3. The number of nitrogens with zero attached hydrogens (tertiary/aromatic N) is 2. The summed E-state index contributed by atoms with van der Waals surface area (Å²) in [5.41, 5.74) is 1.36. The minimum Gasteiger partial charge on any atom is -0.329 e. The predicted octanol–water partition coefficient (Wildman–Crippen LogP) is 2.59. The van der Waals surface area contributed by atoms with E-state index in [-0.39, 0.29) is 17.0 Å². The Kier molecular flexibility index (Phi) is 3.35. The topological polar surface area (TPSA) is 76.6 Å². The lowest BCUT2D eigenvalue weighted by Gasteiger charge is -2.12. The summed E-state index contributed by atoms with van der Waals surface area (Å²) in [6, 6.07) is 9.82. The summed E-state index contributed by atoms with van der Waals surface area (Å²) >= 11 is 5.74. The molecular weight excluding hydrogens is 332 g/mol. The van der Waals surface area contributed by atoms with Crippen molar-refractivity contribution in [2.24, 2.45) is 5.92 Å². The van der Waals surface area contributed by atoms with Crippen LogP contribution in [0.15, 0.2) is 42.6 Å². The average molecular weight is 343 g/mol. The second-order valence-corrected chi connectivity index (χ2v) is 6.11. The first-order valence-corrected chi connectivity index (χ1v) is 7.75. The number of imide groups is 1. The van der Waals surface area contributed by atoms with E-state index >= 15 is 0 Å². The van der Waals surface area contributed by atoms with Crippen LogP contribution in [0.5, 0.6) is 0 Å². The van der Waals surface area contributed by atoms with E-state index in [9.17, 15) is 14.4 Å². The summed E-state index contributed by atoms with van der Waals surface area (Å²) in [6.45, 7) is 0. The van der Waals surface area contributed by atoms with Gasteiger partial charge in [0.25, 0.3) is 11.8 Å². The fraction of sp³-hybridized carbons (Fsp3) is 0.176. The standard InChI is InChI=1S/C17H11ClN2O4/c18-14-6-5-9(8-19-14)12-7-13(12)17(23)24-20-15(21)10-3-1-2-4-11(10)16(20)22/h1-6,8,12-13H,7H2/t12-,13+/m1/s1. The molecule has 0 N–H and O–H groups in total. The van der Waals surface area contributed by atoms with E-state index in [1.807, 2.05) is 0 Å². The zero-order chi connectivity index (χ0) is 16.8. The van der Waals surface area contributed by atoms with Gasteiger partial charge in [-0.15, -0.1) is 0 Å². The summed E-state index contributed by atoms with van der Waals surface area (Å²) in [5, 5.41) is 0.923. The Bertz CT molecular complexity index is 830. The van der Waals surface area contributed by atoms with Crippen LogP contribution in [0.1, 0.15) is 38.6 Å². The molecule has 0 radical (unpaired) electrons. The van der Waals surface area contributed by atoms with Crippen molar-refractivity contribution in [1.29, 1.82) is 0 Å². The van der Waals surface area contributed by atoms with Crippen LogP contribution in [0.4, 0.5) is 0 Å². The second kappa shape index (κ2) is 5.42. The number of hydroxylamine groups is 2. The summed E-state index contributed by atoms with van der Waals surface area (Å²) in [7, 11) is 0. The van der Waals surface area contributed by atoms with Gasteiger partial charge in [-0.2, -0.15) is 0 Å². The van der Waals surface area contributed by atoms with Crippen molar-refractivity contribution >= 4 is 29.4 Å². The first kappa shape index (κ1) is 14.8. The molecule has 24 heavy (non-hydrogen) atoms. The third kappa shape index (κ3) is 2.35. The molecular formula is C17H11ClN2O4. The van der Waals surface area contributed by atoms with E-state index in [4.69, 9.17) is 16.4 Å². The van der Waals surface area contributed by atoms with E-state index in [1.54, 1.807) is 30.5 Å². The van der Waals surface area contributed by atoms with Crippen LogP contribution in [0.2, 0.25) is 5.15 Å². The third-order valence-corrected chi connectivity index (χ3v) is 4.43. The summed E-state index contributed by atoms with van der Waals surface area (Å²) in [4.78, 5) is 45.6. The average Bonchev–Trinajstić information content (AvgIpc) is 3.36. The monoisotopic (exact) mass is 342 g/mol. The normalized spacial score (nSPS) is 21.6. The van der Waals surface area contributed by atoms with Gasteiger partial charge in [0.05, 0.1) is 17.0 Å². The molecule has 7 heteroatoms. The van der Waals surface area contributed by atoms with Crippen molar-refractivity contribution in [3.63, 3.8) is 0 Å². The molecule has 2 amide bonds. The molecule has 0 spiro atoms. The SMILES string of the molecule is O=C(ON1C(=O)c2ccccc2C1=O)[C@H]1C[C@@H]1c1ccc(Cl)nc1. The van der Waals surface area contributed by atoms with Crippen LogP contribution in [-0.2, 0) is 9.63 Å². The van der Waals surface area contributed by atoms with Crippen LogP contribution in [0, 0.1) is 5.92 Å². The Morgan fingerprint density at radius 1 is 1.12 bits per heavy atom. The van der Waals surface area contributed by atoms with Crippen LogP contribution >= 0.6 is 11.6 Å². The Balaban J connectivity index is 1.46. The second-order valence-electron chi connectivity index (χ2n) is 5.72. The molecule has 2 atom stereocenters. The lowest BCUT2D eigenvalue weighted by Crippen LogP contribution is -2.33. The van der Waals surface area contributed by atoms with E-state index in [2.05, 4.69) is 4.98 Å². The molecule has 1 saturated carbocycles. The number of pyridine rings is 1. The van der Waals surface area contributed by atoms with Crippen LogP contribution < -0.4 is 0 Å². The van der Waals surface area contributed by atoms with Crippen molar-refractivity contribution in [1.82, 2.24) is 10.0 Å². The quantitative estimate of drug-likeness (QED) is 0.633. The molecule has 6 nitrogen and oxygen atoms in total. The maximum absolute atomic E-state index is 12.2. The maximum atomic E-state index is 12.2. The van der Waals surface area contributed by atoms with Gasteiger partial charge in [-0.25, -0.2) is 9.78 Å². The number of aromatic nitrogens is 1. The van der Waals surface area contributed by atoms with Crippen molar-refractivity contribution in [3.05, 3.63) is 64.4 Å². The molecule has 120 valence electrons. The minimum atomic E-state index is -0.616. The zero-order valence-corrected chi connectivity index (χ0v) is 13.1. The number of rotatable bonds is 3. The number of hydrogen-bond donors (Lipinski definition) is 0. The molecule has 1 aliphatic heterocycles. The molecule has 2 heterocycles. The fourth-order valence-electron chi connectivity index (χ4n) is 2.84. The van der Waals surface area contributed by atoms with Gasteiger partial charge in [-0.1, -0.05) is 34.9 Å². The van der Waals surface area contributed by atoms with Crippen molar-refractivity contribution < 1.29 is 19.2 Å². The molecule has 2 aliphatic rings. The molecule has 1 aromatic carbocycles. The molecule has 1 fully saturated rings.